The molecule has 1 heterocycles. The Kier molecular flexibility index (Phi) is 5.58. The van der Waals surface area contributed by atoms with Gasteiger partial charge in [-0.2, -0.15) is 0 Å². The molecule has 0 atom stereocenters. The number of amides is 1. The lowest BCUT2D eigenvalue weighted by Crippen LogP contribution is -2.47. The van der Waals surface area contributed by atoms with Crippen LogP contribution in [0, 0.1) is 0 Å². The maximum absolute atomic E-state index is 12.6. The maximum atomic E-state index is 12.6. The Morgan fingerprint density at radius 2 is 1.77 bits per heavy atom. The zero-order chi connectivity index (χ0) is 16.2. The molecule has 0 saturated carbocycles. The van der Waals surface area contributed by atoms with Crippen molar-refractivity contribution in [3.63, 3.8) is 0 Å². The first kappa shape index (κ1) is 17.0. The molecule has 0 radical (unpaired) electrons. The highest BCUT2D eigenvalue weighted by atomic mass is 32.2. The van der Waals surface area contributed by atoms with E-state index in [9.17, 15) is 13.2 Å². The number of carbonyl (C=O) groups excluding carboxylic acids is 1. The molecular weight excluding hydrogens is 300 g/mol. The lowest BCUT2D eigenvalue weighted by Gasteiger charge is -2.31. The number of benzene rings is 1. The van der Waals surface area contributed by atoms with Gasteiger partial charge in [0.1, 0.15) is 0 Å². The smallest absolute Gasteiger partial charge is 0.237 e. The van der Waals surface area contributed by atoms with Crippen LogP contribution < -0.4 is 0 Å². The largest absolute Gasteiger partial charge is 0.335 e. The summed E-state index contributed by atoms with van der Waals surface area (Å²) in [6, 6.07) is 10.0. The van der Waals surface area contributed by atoms with Gasteiger partial charge in [-0.1, -0.05) is 30.3 Å². The van der Waals surface area contributed by atoms with Crippen molar-refractivity contribution >= 4 is 15.7 Å². The van der Waals surface area contributed by atoms with Gasteiger partial charge in [0.05, 0.1) is 18.1 Å². The van der Waals surface area contributed by atoms with Gasteiger partial charge < -0.3 is 4.90 Å². The summed E-state index contributed by atoms with van der Waals surface area (Å²) in [6.07, 6.45) is 0. The van der Waals surface area contributed by atoms with Gasteiger partial charge in [-0.05, 0) is 19.4 Å². The van der Waals surface area contributed by atoms with Crippen molar-refractivity contribution < 1.29 is 13.2 Å². The predicted octanol–water partition coefficient (Wildman–Crippen LogP) is 1.15. The van der Waals surface area contributed by atoms with Crippen molar-refractivity contribution in [2.75, 3.05) is 31.1 Å². The van der Waals surface area contributed by atoms with Gasteiger partial charge in [-0.3, -0.25) is 9.69 Å². The van der Waals surface area contributed by atoms with E-state index in [1.54, 1.807) is 0 Å². The maximum Gasteiger partial charge on any atom is 0.237 e. The molecule has 0 aromatic heterocycles. The molecule has 1 aliphatic heterocycles. The van der Waals surface area contributed by atoms with Crippen LogP contribution in [-0.2, 0) is 21.2 Å². The number of sulfone groups is 1. The third-order valence-corrected chi connectivity index (χ3v) is 5.54. The molecule has 1 aliphatic rings. The standard InChI is InChI=1S/C16H24N2O3S/c1-14(2)18(12-15-6-4-3-5-7-15)16(19)13-17-8-10-22(20,21)11-9-17/h3-7,14H,8-13H2,1-2H3. The van der Waals surface area contributed by atoms with Crippen LogP contribution in [0.4, 0.5) is 0 Å². The van der Waals surface area contributed by atoms with Gasteiger partial charge in [0.15, 0.2) is 9.84 Å². The van der Waals surface area contributed by atoms with Crippen LogP contribution in [0.15, 0.2) is 30.3 Å². The summed E-state index contributed by atoms with van der Waals surface area (Å²) < 4.78 is 22.9. The second-order valence-electron chi connectivity index (χ2n) is 6.03. The van der Waals surface area contributed by atoms with Crippen LogP contribution in [0.25, 0.3) is 0 Å². The highest BCUT2D eigenvalue weighted by molar-refractivity contribution is 7.91. The van der Waals surface area contributed by atoms with Crippen molar-refractivity contribution in [3.8, 4) is 0 Å². The van der Waals surface area contributed by atoms with E-state index >= 15 is 0 Å². The molecule has 1 amide bonds. The SMILES string of the molecule is CC(C)N(Cc1ccccc1)C(=O)CN1CCS(=O)(=O)CC1. The summed E-state index contributed by atoms with van der Waals surface area (Å²) in [5.41, 5.74) is 1.10. The summed E-state index contributed by atoms with van der Waals surface area (Å²) in [7, 11) is -2.90. The van der Waals surface area contributed by atoms with Crippen molar-refractivity contribution in [1.82, 2.24) is 9.80 Å². The van der Waals surface area contributed by atoms with Gasteiger partial charge in [0, 0.05) is 25.7 Å². The van der Waals surface area contributed by atoms with Crippen molar-refractivity contribution in [2.24, 2.45) is 0 Å². The van der Waals surface area contributed by atoms with E-state index in [4.69, 9.17) is 0 Å². The highest BCUT2D eigenvalue weighted by Crippen LogP contribution is 2.10. The molecule has 1 aromatic carbocycles. The van der Waals surface area contributed by atoms with E-state index in [-0.39, 0.29) is 23.5 Å². The normalized spacial score (nSPS) is 18.3. The second kappa shape index (κ2) is 7.24. The molecule has 1 fully saturated rings. The van der Waals surface area contributed by atoms with E-state index in [0.29, 0.717) is 26.2 Å². The van der Waals surface area contributed by atoms with E-state index in [1.165, 1.54) is 0 Å². The van der Waals surface area contributed by atoms with Gasteiger partial charge in [0.2, 0.25) is 5.91 Å². The Balaban J connectivity index is 1.95. The first-order valence-electron chi connectivity index (χ1n) is 7.63. The van der Waals surface area contributed by atoms with Crippen LogP contribution in [0.3, 0.4) is 0 Å². The lowest BCUT2D eigenvalue weighted by atomic mass is 10.2. The highest BCUT2D eigenvalue weighted by Gasteiger charge is 2.25. The Morgan fingerprint density at radius 1 is 1.18 bits per heavy atom. The zero-order valence-electron chi connectivity index (χ0n) is 13.2. The van der Waals surface area contributed by atoms with E-state index < -0.39 is 9.84 Å². The minimum absolute atomic E-state index is 0.0538. The Labute approximate surface area is 132 Å². The Morgan fingerprint density at radius 3 is 2.32 bits per heavy atom. The topological polar surface area (TPSA) is 57.7 Å². The minimum Gasteiger partial charge on any atom is -0.335 e. The van der Waals surface area contributed by atoms with E-state index in [1.807, 2.05) is 54.0 Å². The molecule has 0 unspecified atom stereocenters. The van der Waals surface area contributed by atoms with Gasteiger partial charge >= 0.3 is 0 Å². The predicted molar refractivity (Wildman–Crippen MR) is 87.2 cm³/mol. The summed E-state index contributed by atoms with van der Waals surface area (Å²) in [5.74, 6) is 0.361. The fraction of sp³-hybridized carbons (Fsp3) is 0.562. The number of hydrogen-bond acceptors (Lipinski definition) is 4. The van der Waals surface area contributed by atoms with Crippen LogP contribution in [0.1, 0.15) is 19.4 Å². The zero-order valence-corrected chi connectivity index (χ0v) is 14.1. The number of hydrogen-bond donors (Lipinski definition) is 0. The average Bonchev–Trinajstić information content (AvgIpc) is 2.47. The molecule has 1 saturated heterocycles. The molecule has 0 bridgehead atoms. The summed E-state index contributed by atoms with van der Waals surface area (Å²) in [6.45, 7) is 5.78. The first-order chi connectivity index (χ1) is 10.4. The minimum atomic E-state index is -2.90. The molecule has 0 aliphatic carbocycles. The molecule has 0 N–H and O–H groups in total. The molecular formula is C16H24N2O3S. The molecule has 2 rings (SSSR count). The van der Waals surface area contributed by atoms with E-state index in [0.717, 1.165) is 5.56 Å². The van der Waals surface area contributed by atoms with Gasteiger partial charge in [0.25, 0.3) is 0 Å². The van der Waals surface area contributed by atoms with Crippen LogP contribution in [0.5, 0.6) is 0 Å². The molecule has 5 nitrogen and oxygen atoms in total. The van der Waals surface area contributed by atoms with Crippen LogP contribution >= 0.6 is 0 Å². The van der Waals surface area contributed by atoms with E-state index in [2.05, 4.69) is 0 Å². The summed E-state index contributed by atoms with van der Waals surface area (Å²) >= 11 is 0. The molecule has 6 heteroatoms. The summed E-state index contributed by atoms with van der Waals surface area (Å²) in [5, 5.41) is 0. The fourth-order valence-electron chi connectivity index (χ4n) is 2.53. The van der Waals surface area contributed by atoms with Gasteiger partial charge in [-0.25, -0.2) is 8.42 Å². The third kappa shape index (κ3) is 4.81. The van der Waals surface area contributed by atoms with Crippen molar-refractivity contribution in [2.45, 2.75) is 26.4 Å². The number of rotatable bonds is 5. The first-order valence-corrected chi connectivity index (χ1v) is 9.46. The molecule has 22 heavy (non-hydrogen) atoms. The summed E-state index contributed by atoms with van der Waals surface area (Å²) in [4.78, 5) is 16.3. The van der Waals surface area contributed by atoms with Crippen LogP contribution in [0.2, 0.25) is 0 Å². The molecule has 1 aromatic rings. The Hall–Kier alpha value is -1.40. The second-order valence-corrected chi connectivity index (χ2v) is 8.33. The quantitative estimate of drug-likeness (QED) is 0.815. The van der Waals surface area contributed by atoms with Crippen molar-refractivity contribution in [3.05, 3.63) is 35.9 Å². The number of carbonyl (C=O) groups is 1. The fourth-order valence-corrected chi connectivity index (χ4v) is 3.81. The average molecular weight is 324 g/mol. The monoisotopic (exact) mass is 324 g/mol. The third-order valence-electron chi connectivity index (χ3n) is 3.94. The molecule has 0 spiro atoms. The van der Waals surface area contributed by atoms with Crippen LogP contribution in [-0.4, -0.2) is 61.3 Å². The molecule has 122 valence electrons. The number of nitrogens with zero attached hydrogens (tertiary/aromatic N) is 2. The van der Waals surface area contributed by atoms with Crippen molar-refractivity contribution in [1.29, 1.82) is 0 Å². The lowest BCUT2D eigenvalue weighted by molar-refractivity contribution is -0.134. The Bertz CT molecular complexity index is 585. The van der Waals surface area contributed by atoms with Gasteiger partial charge in [-0.15, -0.1) is 0 Å².